The van der Waals surface area contributed by atoms with Crippen LogP contribution in [0.3, 0.4) is 0 Å². The Labute approximate surface area is 206 Å². The maximum Gasteiger partial charge on any atom is 0.258 e. The highest BCUT2D eigenvalue weighted by molar-refractivity contribution is 7.15. The number of hydrogen-bond donors (Lipinski definition) is 0. The molecule has 0 unspecified atom stereocenters. The molecule has 10 heteroatoms. The van der Waals surface area contributed by atoms with Crippen LogP contribution in [0.25, 0.3) is 10.6 Å². The molecule has 0 radical (unpaired) electrons. The third-order valence-electron chi connectivity index (χ3n) is 6.04. The fraction of sp³-hybridized carbons (Fsp3) is 0.333. The molecule has 8 nitrogen and oxygen atoms in total. The summed E-state index contributed by atoms with van der Waals surface area (Å²) in [5, 5.41) is 7.01. The normalized spacial score (nSPS) is 14.9. The van der Waals surface area contributed by atoms with Crippen molar-refractivity contribution in [3.8, 4) is 5.69 Å². The minimum absolute atomic E-state index is 0.00648. The molecule has 4 aromatic rings. The molecular weight excluding hydrogens is 472 g/mol. The maximum absolute atomic E-state index is 13.4. The van der Waals surface area contributed by atoms with Crippen LogP contribution in [0.4, 0.5) is 0 Å². The molecular formula is C24H25ClN6O2S. The van der Waals surface area contributed by atoms with Crippen molar-refractivity contribution in [2.45, 2.75) is 26.3 Å². The average Bonchev–Trinajstić information content (AvgIpc) is 3.47. The van der Waals surface area contributed by atoms with Gasteiger partial charge in [0.25, 0.3) is 11.5 Å². The van der Waals surface area contributed by atoms with Gasteiger partial charge in [-0.15, -0.1) is 11.3 Å². The summed E-state index contributed by atoms with van der Waals surface area (Å²) in [6, 6.07) is 9.08. The van der Waals surface area contributed by atoms with Crippen LogP contribution in [0.1, 0.15) is 41.5 Å². The number of halogens is 1. The fourth-order valence-electron chi connectivity index (χ4n) is 4.37. The van der Waals surface area contributed by atoms with E-state index in [2.05, 4.69) is 28.8 Å². The van der Waals surface area contributed by atoms with Crippen LogP contribution in [0.15, 0.2) is 52.9 Å². The van der Waals surface area contributed by atoms with Crippen molar-refractivity contribution in [3.05, 3.63) is 80.4 Å². The number of nitrogens with zero attached hydrogens (tertiary/aromatic N) is 6. The maximum atomic E-state index is 13.4. The highest BCUT2D eigenvalue weighted by Gasteiger charge is 2.28. The zero-order valence-corrected chi connectivity index (χ0v) is 20.6. The molecule has 3 aromatic heterocycles. The average molecular weight is 497 g/mol. The lowest BCUT2D eigenvalue weighted by atomic mass is 10.0. The molecule has 1 amide bonds. The summed E-state index contributed by atoms with van der Waals surface area (Å²) < 4.78 is 3.37. The highest BCUT2D eigenvalue weighted by Crippen LogP contribution is 2.26. The summed E-state index contributed by atoms with van der Waals surface area (Å²) >= 11 is 7.63. The zero-order chi connectivity index (χ0) is 23.8. The van der Waals surface area contributed by atoms with Gasteiger partial charge in [0.05, 0.1) is 28.8 Å². The van der Waals surface area contributed by atoms with E-state index in [0.29, 0.717) is 35.2 Å². The van der Waals surface area contributed by atoms with Gasteiger partial charge in [0, 0.05) is 55.4 Å². The van der Waals surface area contributed by atoms with Gasteiger partial charge in [-0.1, -0.05) is 31.5 Å². The molecule has 0 saturated carbocycles. The van der Waals surface area contributed by atoms with Gasteiger partial charge in [-0.2, -0.15) is 5.10 Å². The first-order valence-corrected chi connectivity index (χ1v) is 12.5. The van der Waals surface area contributed by atoms with E-state index in [-0.39, 0.29) is 17.4 Å². The minimum atomic E-state index is -0.0620. The number of thiazole rings is 1. The molecule has 5 rings (SSSR count). The molecule has 1 aromatic carbocycles. The lowest BCUT2D eigenvalue weighted by Crippen LogP contribution is -2.48. The predicted molar refractivity (Wildman–Crippen MR) is 133 cm³/mol. The lowest BCUT2D eigenvalue weighted by Gasteiger charge is -2.34. The summed E-state index contributed by atoms with van der Waals surface area (Å²) in [5.74, 6) is 0.104. The van der Waals surface area contributed by atoms with Gasteiger partial charge in [0.15, 0.2) is 4.96 Å². The van der Waals surface area contributed by atoms with Gasteiger partial charge >= 0.3 is 0 Å². The molecule has 0 bridgehead atoms. The second kappa shape index (κ2) is 9.32. The van der Waals surface area contributed by atoms with Crippen molar-refractivity contribution in [2.24, 2.45) is 0 Å². The quantitative estimate of drug-likeness (QED) is 0.421. The van der Waals surface area contributed by atoms with Crippen LogP contribution >= 0.6 is 22.9 Å². The first-order chi connectivity index (χ1) is 16.4. The van der Waals surface area contributed by atoms with E-state index in [1.165, 1.54) is 11.3 Å². The molecule has 1 fully saturated rings. The topological polar surface area (TPSA) is 75.7 Å². The smallest absolute Gasteiger partial charge is 0.258 e. The SMILES string of the molecule is CC(C)c1c(C(=O)N2CCN(Cc3cc(=O)n4ccsc4n3)CC2)cnn1-c1cccc(Cl)c1. The van der Waals surface area contributed by atoms with Crippen molar-refractivity contribution in [3.63, 3.8) is 0 Å². The predicted octanol–water partition coefficient (Wildman–Crippen LogP) is 3.68. The molecule has 0 atom stereocenters. The number of aromatic nitrogens is 4. The van der Waals surface area contributed by atoms with Crippen LogP contribution in [-0.4, -0.2) is 61.1 Å². The van der Waals surface area contributed by atoms with E-state index < -0.39 is 0 Å². The van der Waals surface area contributed by atoms with Crippen LogP contribution in [0.2, 0.25) is 5.02 Å². The van der Waals surface area contributed by atoms with Crippen LogP contribution in [0, 0.1) is 0 Å². The Morgan fingerprint density at radius 2 is 1.97 bits per heavy atom. The van der Waals surface area contributed by atoms with Crippen LogP contribution in [-0.2, 0) is 6.54 Å². The minimum Gasteiger partial charge on any atom is -0.336 e. The van der Waals surface area contributed by atoms with Gasteiger partial charge in [-0.3, -0.25) is 18.9 Å². The van der Waals surface area contributed by atoms with Crippen LogP contribution in [0.5, 0.6) is 0 Å². The second-order valence-electron chi connectivity index (χ2n) is 8.70. The van der Waals surface area contributed by atoms with Crippen molar-refractivity contribution < 1.29 is 4.79 Å². The summed E-state index contributed by atoms with van der Waals surface area (Å²) in [6.45, 7) is 7.38. The van der Waals surface area contributed by atoms with Crippen molar-refractivity contribution in [1.82, 2.24) is 29.0 Å². The molecule has 1 aliphatic heterocycles. The largest absolute Gasteiger partial charge is 0.336 e. The summed E-state index contributed by atoms with van der Waals surface area (Å²) in [4.78, 5) is 35.1. The Morgan fingerprint density at radius 1 is 1.18 bits per heavy atom. The molecule has 4 heterocycles. The van der Waals surface area contributed by atoms with Crippen LogP contribution < -0.4 is 5.56 Å². The molecule has 34 heavy (non-hydrogen) atoms. The molecule has 176 valence electrons. The number of hydrogen-bond acceptors (Lipinski definition) is 6. The first-order valence-electron chi connectivity index (χ1n) is 11.2. The van der Waals surface area contributed by atoms with Gasteiger partial charge in [0.1, 0.15) is 0 Å². The zero-order valence-electron chi connectivity index (χ0n) is 19.0. The van der Waals surface area contributed by atoms with Gasteiger partial charge in [-0.25, -0.2) is 9.67 Å². The Kier molecular flexibility index (Phi) is 6.24. The second-order valence-corrected chi connectivity index (χ2v) is 10.0. The fourth-order valence-corrected chi connectivity index (χ4v) is 5.29. The number of carbonyl (C=O) groups is 1. The molecule has 0 N–H and O–H groups in total. The van der Waals surface area contributed by atoms with Crippen molar-refractivity contribution >= 4 is 33.8 Å². The van der Waals surface area contributed by atoms with E-state index in [0.717, 1.165) is 30.2 Å². The van der Waals surface area contributed by atoms with Crippen molar-refractivity contribution in [2.75, 3.05) is 26.2 Å². The monoisotopic (exact) mass is 496 g/mol. The number of amides is 1. The van der Waals surface area contributed by atoms with Gasteiger partial charge < -0.3 is 4.90 Å². The van der Waals surface area contributed by atoms with E-state index in [4.69, 9.17) is 11.6 Å². The number of fused-ring (bicyclic) bond motifs is 1. The Morgan fingerprint density at radius 3 is 2.71 bits per heavy atom. The number of benzene rings is 1. The molecule has 0 aliphatic carbocycles. The van der Waals surface area contributed by atoms with E-state index in [1.807, 2.05) is 39.2 Å². The van der Waals surface area contributed by atoms with Gasteiger partial charge in [0.2, 0.25) is 0 Å². The third-order valence-corrected chi connectivity index (χ3v) is 7.03. The molecule has 1 saturated heterocycles. The first kappa shape index (κ1) is 22.8. The van der Waals surface area contributed by atoms with E-state index in [9.17, 15) is 9.59 Å². The number of rotatable bonds is 5. The summed E-state index contributed by atoms with van der Waals surface area (Å²) in [5.41, 5.74) is 3.04. The van der Waals surface area contributed by atoms with Crippen molar-refractivity contribution in [1.29, 1.82) is 0 Å². The Balaban J connectivity index is 1.29. The Hall–Kier alpha value is -3.01. The summed E-state index contributed by atoms with van der Waals surface area (Å²) in [6.07, 6.45) is 3.40. The summed E-state index contributed by atoms with van der Waals surface area (Å²) in [7, 11) is 0. The molecule has 1 aliphatic rings. The van der Waals surface area contributed by atoms with E-state index in [1.54, 1.807) is 22.9 Å². The van der Waals surface area contributed by atoms with E-state index >= 15 is 0 Å². The number of piperazine rings is 1. The third kappa shape index (κ3) is 4.38. The lowest BCUT2D eigenvalue weighted by molar-refractivity contribution is 0.0625. The standard InChI is InChI=1S/C24H25ClN6O2S/c1-16(2)22-20(14-26-31(22)19-5-3-4-17(25)12-19)23(33)29-8-6-28(7-9-29)15-18-13-21(32)30-10-11-34-24(30)27-18/h3-5,10-14,16H,6-9,15H2,1-2H3. The number of carbonyl (C=O) groups excluding carboxylic acids is 1. The highest BCUT2D eigenvalue weighted by atomic mass is 35.5. The van der Waals surface area contributed by atoms with Gasteiger partial charge in [-0.05, 0) is 24.1 Å². The molecule has 0 spiro atoms. The Bertz CT molecular complexity index is 1400.